The van der Waals surface area contributed by atoms with Crippen LogP contribution in [0, 0.1) is 27.7 Å². The van der Waals surface area contributed by atoms with Crippen LogP contribution < -0.4 is 5.32 Å². The molecule has 270 valence electrons. The Morgan fingerprint density at radius 2 is 0.863 bits per heavy atom. The van der Waals surface area contributed by atoms with Crippen LogP contribution in [0.3, 0.4) is 0 Å². The Labute approximate surface area is 308 Å². The highest BCUT2D eigenvalue weighted by Crippen LogP contribution is 2.41. The second kappa shape index (κ2) is 15.4. The van der Waals surface area contributed by atoms with E-state index in [9.17, 15) is 10.2 Å². The van der Waals surface area contributed by atoms with Gasteiger partial charge in [0.2, 0.25) is 0 Å². The zero-order valence-corrected chi connectivity index (χ0v) is 33.5. The first kappa shape index (κ1) is 39.3. The van der Waals surface area contributed by atoms with E-state index in [1.165, 1.54) is 16.7 Å². The van der Waals surface area contributed by atoms with E-state index in [0.29, 0.717) is 24.3 Å². The normalized spacial score (nSPS) is 11.9. The van der Waals surface area contributed by atoms with Gasteiger partial charge in [0.15, 0.2) is 0 Å². The van der Waals surface area contributed by atoms with Crippen LogP contribution in [0.15, 0.2) is 91.0 Å². The second-order valence-corrected chi connectivity index (χ2v) is 17.6. The van der Waals surface area contributed by atoms with Gasteiger partial charge < -0.3 is 15.5 Å². The molecule has 3 N–H and O–H groups in total. The average Bonchev–Trinajstić information content (AvgIpc) is 3.01. The Kier molecular flexibility index (Phi) is 11.9. The SMILES string of the molecule is Cc1ccc(Nc2c(Cc3cc(C)cc(C(C)(C)C)c3O)cc(C(C)(C)C)cc2Cc2cc(C)cc(C(C)(C)C)c2O)cc1.Cc1ccccc1. The molecular formula is C48H61NO2. The van der Waals surface area contributed by atoms with Gasteiger partial charge in [-0.1, -0.05) is 163 Å². The number of hydrogen-bond acceptors (Lipinski definition) is 3. The molecule has 3 nitrogen and oxygen atoms in total. The van der Waals surface area contributed by atoms with Crippen molar-refractivity contribution in [1.29, 1.82) is 0 Å². The minimum absolute atomic E-state index is 0.0949. The van der Waals surface area contributed by atoms with Crippen molar-refractivity contribution in [2.75, 3.05) is 5.32 Å². The van der Waals surface area contributed by atoms with Crippen LogP contribution in [0.25, 0.3) is 0 Å². The molecule has 0 radical (unpaired) electrons. The standard InChI is InChI=1S/C41H53NO2.C7H8/c1-25-13-15-33(16-14-25)42-36-28(21-30-17-26(2)19-34(37(30)43)40(7,8)9)23-32(39(4,5)6)24-29(36)22-31-18-27(3)20-35(38(31)44)41(10,11)12;1-7-5-3-2-4-6-7/h13-20,23-24,42-44H,21-22H2,1-12H3;2-6H,1H3. The predicted octanol–water partition coefficient (Wildman–Crippen LogP) is 12.8. The number of hydrogen-bond donors (Lipinski definition) is 3. The van der Waals surface area contributed by atoms with Gasteiger partial charge in [-0.15, -0.1) is 0 Å². The van der Waals surface area contributed by atoms with E-state index in [1.807, 2.05) is 18.2 Å². The molecule has 0 saturated carbocycles. The zero-order chi connectivity index (χ0) is 37.9. The molecule has 0 aliphatic rings. The average molecular weight is 684 g/mol. The number of aromatic hydroxyl groups is 2. The molecule has 0 aliphatic carbocycles. The third-order valence-electron chi connectivity index (χ3n) is 9.47. The van der Waals surface area contributed by atoms with E-state index in [0.717, 1.165) is 55.9 Å². The highest BCUT2D eigenvalue weighted by molar-refractivity contribution is 5.71. The van der Waals surface area contributed by atoms with Crippen molar-refractivity contribution in [3.8, 4) is 11.5 Å². The molecule has 0 heterocycles. The van der Waals surface area contributed by atoms with E-state index in [2.05, 4.69) is 168 Å². The third-order valence-corrected chi connectivity index (χ3v) is 9.47. The minimum Gasteiger partial charge on any atom is -0.507 e. The Hall–Kier alpha value is -4.50. The molecule has 0 bridgehead atoms. The molecule has 5 aromatic rings. The highest BCUT2D eigenvalue weighted by Gasteiger charge is 2.26. The first-order valence-corrected chi connectivity index (χ1v) is 18.3. The predicted molar refractivity (Wildman–Crippen MR) is 219 cm³/mol. The van der Waals surface area contributed by atoms with Gasteiger partial charge in [0.1, 0.15) is 11.5 Å². The molecule has 0 aliphatic heterocycles. The number of aryl methyl sites for hydroxylation is 4. The van der Waals surface area contributed by atoms with Crippen LogP contribution >= 0.6 is 0 Å². The Balaban J connectivity index is 0.000000742. The molecule has 0 spiro atoms. The summed E-state index contributed by atoms with van der Waals surface area (Å²) in [5, 5.41) is 26.9. The maximum Gasteiger partial charge on any atom is 0.122 e. The summed E-state index contributed by atoms with van der Waals surface area (Å²) in [5.74, 6) is 0.747. The largest absolute Gasteiger partial charge is 0.507 e. The monoisotopic (exact) mass is 683 g/mol. The van der Waals surface area contributed by atoms with E-state index < -0.39 is 0 Å². The van der Waals surface area contributed by atoms with E-state index in [1.54, 1.807) is 0 Å². The summed E-state index contributed by atoms with van der Waals surface area (Å²) in [7, 11) is 0. The lowest BCUT2D eigenvalue weighted by atomic mass is 9.80. The van der Waals surface area contributed by atoms with Crippen molar-refractivity contribution >= 4 is 11.4 Å². The zero-order valence-electron chi connectivity index (χ0n) is 33.5. The second-order valence-electron chi connectivity index (χ2n) is 17.6. The van der Waals surface area contributed by atoms with Gasteiger partial charge in [-0.05, 0) is 95.0 Å². The van der Waals surface area contributed by atoms with Gasteiger partial charge in [-0.2, -0.15) is 0 Å². The Morgan fingerprint density at radius 3 is 1.22 bits per heavy atom. The summed E-state index contributed by atoms with van der Waals surface area (Å²) in [6.07, 6.45) is 1.16. The molecule has 0 amide bonds. The first-order chi connectivity index (χ1) is 23.6. The molecular weight excluding hydrogens is 623 g/mol. The van der Waals surface area contributed by atoms with E-state index in [4.69, 9.17) is 0 Å². The van der Waals surface area contributed by atoms with Crippen LogP contribution in [0.1, 0.15) is 124 Å². The van der Waals surface area contributed by atoms with Crippen LogP contribution in [0.2, 0.25) is 0 Å². The smallest absolute Gasteiger partial charge is 0.122 e. The highest BCUT2D eigenvalue weighted by atomic mass is 16.3. The van der Waals surface area contributed by atoms with E-state index in [-0.39, 0.29) is 16.2 Å². The summed E-state index contributed by atoms with van der Waals surface area (Å²) >= 11 is 0. The molecule has 0 saturated heterocycles. The van der Waals surface area contributed by atoms with Crippen molar-refractivity contribution in [1.82, 2.24) is 0 Å². The van der Waals surface area contributed by atoms with Gasteiger partial charge in [-0.25, -0.2) is 0 Å². The lowest BCUT2D eigenvalue weighted by molar-refractivity contribution is 0.440. The van der Waals surface area contributed by atoms with Gasteiger partial charge in [0, 0.05) is 24.2 Å². The van der Waals surface area contributed by atoms with E-state index >= 15 is 0 Å². The molecule has 0 atom stereocenters. The Bertz CT molecular complexity index is 1850. The third kappa shape index (κ3) is 10.3. The molecule has 0 unspecified atom stereocenters. The van der Waals surface area contributed by atoms with Gasteiger partial charge in [-0.3, -0.25) is 0 Å². The number of rotatable bonds is 6. The van der Waals surface area contributed by atoms with Gasteiger partial charge >= 0.3 is 0 Å². The molecule has 0 aromatic heterocycles. The van der Waals surface area contributed by atoms with Crippen LogP contribution in [0.4, 0.5) is 11.4 Å². The fraction of sp³-hybridized carbons (Fsp3) is 0.375. The maximum absolute atomic E-state index is 11.6. The minimum atomic E-state index is -0.181. The van der Waals surface area contributed by atoms with Crippen LogP contribution in [-0.2, 0) is 29.1 Å². The van der Waals surface area contributed by atoms with Gasteiger partial charge in [0.25, 0.3) is 0 Å². The van der Waals surface area contributed by atoms with Crippen molar-refractivity contribution in [3.05, 3.63) is 152 Å². The summed E-state index contributed by atoms with van der Waals surface area (Å²) in [6.45, 7) is 28.0. The van der Waals surface area contributed by atoms with Crippen LogP contribution in [0.5, 0.6) is 11.5 Å². The molecule has 51 heavy (non-hydrogen) atoms. The van der Waals surface area contributed by atoms with Crippen LogP contribution in [-0.4, -0.2) is 10.2 Å². The number of benzene rings is 5. The summed E-state index contributed by atoms with van der Waals surface area (Å²) < 4.78 is 0. The lowest BCUT2D eigenvalue weighted by Crippen LogP contribution is -2.15. The van der Waals surface area contributed by atoms with Crippen molar-refractivity contribution < 1.29 is 10.2 Å². The fourth-order valence-electron chi connectivity index (χ4n) is 6.49. The lowest BCUT2D eigenvalue weighted by Gasteiger charge is -2.27. The molecule has 3 heteroatoms. The first-order valence-electron chi connectivity index (χ1n) is 18.3. The number of phenols is 2. The van der Waals surface area contributed by atoms with Crippen molar-refractivity contribution in [2.24, 2.45) is 0 Å². The molecule has 5 rings (SSSR count). The Morgan fingerprint density at radius 1 is 0.451 bits per heavy atom. The number of phenolic OH excluding ortho intramolecular Hbond substituents is 2. The molecule has 0 fully saturated rings. The summed E-state index contributed by atoms with van der Waals surface area (Å²) in [6, 6.07) is 31.8. The van der Waals surface area contributed by atoms with Crippen molar-refractivity contribution in [3.63, 3.8) is 0 Å². The van der Waals surface area contributed by atoms with Gasteiger partial charge in [0.05, 0.1) is 0 Å². The van der Waals surface area contributed by atoms with Crippen molar-refractivity contribution in [2.45, 2.75) is 119 Å². The molecule has 5 aromatic carbocycles. The summed E-state index contributed by atoms with van der Waals surface area (Å²) in [5.41, 5.74) is 13.6. The maximum atomic E-state index is 11.6. The quantitative estimate of drug-likeness (QED) is 0.167. The number of nitrogens with one attached hydrogen (secondary N) is 1. The topological polar surface area (TPSA) is 52.5 Å². The summed E-state index contributed by atoms with van der Waals surface area (Å²) in [4.78, 5) is 0. The number of anilines is 2. The fourth-order valence-corrected chi connectivity index (χ4v) is 6.49.